The van der Waals surface area contributed by atoms with E-state index in [-0.39, 0.29) is 0 Å². The smallest absolute Gasteiger partial charge is 0.0642 e. The van der Waals surface area contributed by atoms with Crippen LogP contribution in [0.2, 0.25) is 0 Å². The van der Waals surface area contributed by atoms with E-state index in [1.54, 1.807) is 0 Å². The van der Waals surface area contributed by atoms with Gasteiger partial charge in [0.2, 0.25) is 0 Å². The summed E-state index contributed by atoms with van der Waals surface area (Å²) in [6.45, 7) is 5.64. The lowest BCUT2D eigenvalue weighted by atomic mass is 10.1. The summed E-state index contributed by atoms with van der Waals surface area (Å²) in [5, 5.41) is 0. The van der Waals surface area contributed by atoms with Gasteiger partial charge < -0.3 is 9.64 Å². The minimum absolute atomic E-state index is 0.816. The maximum Gasteiger partial charge on any atom is 0.0642 e. The van der Waals surface area contributed by atoms with Crippen molar-refractivity contribution in [2.75, 3.05) is 31.2 Å². The van der Waals surface area contributed by atoms with Crippen LogP contribution in [0, 0.1) is 6.92 Å². The third-order valence-electron chi connectivity index (χ3n) is 3.43. The number of pyridine rings is 1. The zero-order chi connectivity index (χ0) is 13.1. The largest absolute Gasteiger partial charge is 0.378 e. The van der Waals surface area contributed by atoms with Crippen LogP contribution in [0.4, 0.5) is 5.69 Å². The molecule has 19 heavy (non-hydrogen) atoms. The Bertz CT molecular complexity index is 562. The van der Waals surface area contributed by atoms with Gasteiger partial charge in [0, 0.05) is 36.7 Å². The lowest BCUT2D eigenvalue weighted by Crippen LogP contribution is -2.36. The van der Waals surface area contributed by atoms with E-state index >= 15 is 0 Å². The number of anilines is 1. The number of rotatable bonds is 2. The Balaban J connectivity index is 1.91. The number of aryl methyl sites for hydroxylation is 1. The number of hydrogen-bond acceptors (Lipinski definition) is 3. The molecule has 3 nitrogen and oxygen atoms in total. The molecule has 1 aliphatic rings. The Morgan fingerprint density at radius 3 is 2.68 bits per heavy atom. The molecule has 0 aliphatic carbocycles. The fourth-order valence-electron chi connectivity index (χ4n) is 2.42. The van der Waals surface area contributed by atoms with Crippen molar-refractivity contribution in [3.05, 3.63) is 48.3 Å². The average Bonchev–Trinajstić information content (AvgIpc) is 2.48. The Morgan fingerprint density at radius 2 is 1.89 bits per heavy atom. The summed E-state index contributed by atoms with van der Waals surface area (Å²) < 4.78 is 5.40. The van der Waals surface area contributed by atoms with Gasteiger partial charge in [0.15, 0.2) is 0 Å². The predicted octanol–water partition coefficient (Wildman–Crippen LogP) is 2.89. The zero-order valence-electron chi connectivity index (χ0n) is 11.2. The van der Waals surface area contributed by atoms with Crippen molar-refractivity contribution in [3.63, 3.8) is 0 Å². The van der Waals surface area contributed by atoms with Gasteiger partial charge in [0.1, 0.15) is 0 Å². The monoisotopic (exact) mass is 254 g/mol. The van der Waals surface area contributed by atoms with Crippen LogP contribution in [-0.4, -0.2) is 31.3 Å². The van der Waals surface area contributed by atoms with Crippen molar-refractivity contribution in [1.29, 1.82) is 0 Å². The molecule has 1 aromatic carbocycles. The first kappa shape index (κ1) is 12.2. The second kappa shape index (κ2) is 5.41. The number of aromatic nitrogens is 1. The molecule has 1 saturated heterocycles. The Hall–Kier alpha value is -1.87. The van der Waals surface area contributed by atoms with E-state index in [2.05, 4.69) is 47.1 Å². The molecule has 2 aromatic rings. The molecule has 1 aliphatic heterocycles. The summed E-state index contributed by atoms with van der Waals surface area (Å²) in [6.07, 6.45) is 3.81. The summed E-state index contributed by atoms with van der Waals surface area (Å²) in [6, 6.07) is 10.8. The highest BCUT2D eigenvalue weighted by Crippen LogP contribution is 2.25. The van der Waals surface area contributed by atoms with Crippen LogP contribution in [0.5, 0.6) is 0 Å². The minimum atomic E-state index is 0.816. The van der Waals surface area contributed by atoms with Gasteiger partial charge in [-0.3, -0.25) is 4.98 Å². The molecule has 98 valence electrons. The van der Waals surface area contributed by atoms with Crippen LogP contribution in [0.1, 0.15) is 5.56 Å². The summed E-state index contributed by atoms with van der Waals surface area (Å²) in [5.41, 5.74) is 4.85. The molecule has 0 bridgehead atoms. The first-order chi connectivity index (χ1) is 9.33. The van der Waals surface area contributed by atoms with Gasteiger partial charge in [-0.25, -0.2) is 0 Å². The van der Waals surface area contributed by atoms with Crippen molar-refractivity contribution in [2.45, 2.75) is 6.92 Å². The zero-order valence-corrected chi connectivity index (χ0v) is 11.2. The standard InChI is InChI=1S/C16H18N2O/c1-13-9-15(12-17-11-13)14-3-2-4-16(10-14)18-5-7-19-8-6-18/h2-4,9-12H,5-8H2,1H3. The van der Waals surface area contributed by atoms with E-state index < -0.39 is 0 Å². The number of benzene rings is 1. The van der Waals surface area contributed by atoms with Gasteiger partial charge in [0.25, 0.3) is 0 Å². The molecule has 3 heteroatoms. The Kier molecular flexibility index (Phi) is 3.47. The van der Waals surface area contributed by atoms with Crippen molar-refractivity contribution < 1.29 is 4.74 Å². The van der Waals surface area contributed by atoms with E-state index in [0.717, 1.165) is 26.3 Å². The summed E-state index contributed by atoms with van der Waals surface area (Å²) in [4.78, 5) is 6.64. The molecule has 0 radical (unpaired) electrons. The van der Waals surface area contributed by atoms with Gasteiger partial charge in [-0.15, -0.1) is 0 Å². The van der Waals surface area contributed by atoms with Crippen LogP contribution in [-0.2, 0) is 4.74 Å². The van der Waals surface area contributed by atoms with Gasteiger partial charge in [-0.2, -0.15) is 0 Å². The van der Waals surface area contributed by atoms with E-state index in [1.165, 1.54) is 22.4 Å². The van der Waals surface area contributed by atoms with Crippen LogP contribution in [0.15, 0.2) is 42.7 Å². The second-order valence-electron chi connectivity index (χ2n) is 4.90. The van der Waals surface area contributed by atoms with E-state index in [1.807, 2.05) is 12.4 Å². The Morgan fingerprint density at radius 1 is 1.05 bits per heavy atom. The van der Waals surface area contributed by atoms with Crippen molar-refractivity contribution in [3.8, 4) is 11.1 Å². The number of morpholine rings is 1. The van der Waals surface area contributed by atoms with Crippen molar-refractivity contribution >= 4 is 5.69 Å². The van der Waals surface area contributed by atoms with Crippen molar-refractivity contribution in [2.24, 2.45) is 0 Å². The summed E-state index contributed by atoms with van der Waals surface area (Å²) >= 11 is 0. The molecule has 0 atom stereocenters. The highest BCUT2D eigenvalue weighted by Gasteiger charge is 2.11. The third kappa shape index (κ3) is 2.76. The molecule has 0 saturated carbocycles. The third-order valence-corrected chi connectivity index (χ3v) is 3.43. The normalized spacial score (nSPS) is 15.5. The van der Waals surface area contributed by atoms with E-state index in [4.69, 9.17) is 4.74 Å². The SMILES string of the molecule is Cc1cncc(-c2cccc(N3CCOCC3)c2)c1. The molecular formula is C16H18N2O. The molecule has 0 unspecified atom stereocenters. The Labute approximate surface area is 113 Å². The van der Waals surface area contributed by atoms with E-state index in [9.17, 15) is 0 Å². The lowest BCUT2D eigenvalue weighted by Gasteiger charge is -2.29. The lowest BCUT2D eigenvalue weighted by molar-refractivity contribution is 0.122. The van der Waals surface area contributed by atoms with Crippen LogP contribution in [0.25, 0.3) is 11.1 Å². The highest BCUT2D eigenvalue weighted by molar-refractivity contribution is 5.68. The molecule has 1 aromatic heterocycles. The van der Waals surface area contributed by atoms with Crippen LogP contribution in [0.3, 0.4) is 0 Å². The van der Waals surface area contributed by atoms with Gasteiger partial charge in [0.05, 0.1) is 13.2 Å². The fourth-order valence-corrected chi connectivity index (χ4v) is 2.42. The summed E-state index contributed by atoms with van der Waals surface area (Å²) in [7, 11) is 0. The predicted molar refractivity (Wildman–Crippen MR) is 77.4 cm³/mol. The van der Waals surface area contributed by atoms with E-state index in [0.29, 0.717) is 0 Å². The number of nitrogens with zero attached hydrogens (tertiary/aromatic N) is 2. The van der Waals surface area contributed by atoms with Gasteiger partial charge >= 0.3 is 0 Å². The first-order valence-corrected chi connectivity index (χ1v) is 6.68. The highest BCUT2D eigenvalue weighted by atomic mass is 16.5. The van der Waals surface area contributed by atoms with Crippen molar-refractivity contribution in [1.82, 2.24) is 4.98 Å². The van der Waals surface area contributed by atoms with Crippen LogP contribution >= 0.6 is 0 Å². The molecule has 2 heterocycles. The quantitative estimate of drug-likeness (QED) is 0.824. The molecule has 0 spiro atoms. The molecule has 3 rings (SSSR count). The maximum absolute atomic E-state index is 5.40. The first-order valence-electron chi connectivity index (χ1n) is 6.68. The maximum atomic E-state index is 5.40. The molecular weight excluding hydrogens is 236 g/mol. The number of ether oxygens (including phenoxy) is 1. The minimum Gasteiger partial charge on any atom is -0.378 e. The topological polar surface area (TPSA) is 25.4 Å². The average molecular weight is 254 g/mol. The molecule has 0 amide bonds. The molecule has 0 N–H and O–H groups in total. The second-order valence-corrected chi connectivity index (χ2v) is 4.90. The van der Waals surface area contributed by atoms with Crippen LogP contribution < -0.4 is 4.90 Å². The summed E-state index contributed by atoms with van der Waals surface area (Å²) in [5.74, 6) is 0. The van der Waals surface area contributed by atoms with Gasteiger partial charge in [-0.05, 0) is 36.2 Å². The van der Waals surface area contributed by atoms with Gasteiger partial charge in [-0.1, -0.05) is 12.1 Å². The number of hydrogen-bond donors (Lipinski definition) is 0. The fraction of sp³-hybridized carbons (Fsp3) is 0.312. The molecule has 1 fully saturated rings.